The van der Waals surface area contributed by atoms with Crippen LogP contribution in [-0.4, -0.2) is 66.2 Å². The van der Waals surface area contributed by atoms with Crippen LogP contribution in [0.5, 0.6) is 5.75 Å². The van der Waals surface area contributed by atoms with E-state index in [4.69, 9.17) is 4.74 Å². The van der Waals surface area contributed by atoms with Gasteiger partial charge in [0.2, 0.25) is 0 Å². The van der Waals surface area contributed by atoms with Gasteiger partial charge in [-0.05, 0) is 92.8 Å². The smallest absolute Gasteiger partial charge is 0.254 e. The molecule has 5 nitrogen and oxygen atoms in total. The molecule has 1 atom stereocenters. The number of carbonyl (C=O) groups excluding carboxylic acids is 1. The van der Waals surface area contributed by atoms with Gasteiger partial charge in [-0.3, -0.25) is 4.79 Å². The summed E-state index contributed by atoms with van der Waals surface area (Å²) in [6.45, 7) is 7.63. The molecule has 2 heterocycles. The maximum atomic E-state index is 14.9. The minimum Gasteiger partial charge on any atom is -0.493 e. The Bertz CT molecular complexity index is 1040. The molecule has 1 saturated carbocycles. The number of hydrogen-bond donors (Lipinski definition) is 1. The highest BCUT2D eigenvalue weighted by Gasteiger charge is 2.34. The number of amides is 1. The summed E-state index contributed by atoms with van der Waals surface area (Å²) in [6.07, 6.45) is 7.48. The number of halogens is 1. The summed E-state index contributed by atoms with van der Waals surface area (Å²) in [6, 6.07) is 12.2. The number of likely N-dealkylation sites (tertiary alicyclic amines) is 2. The third kappa shape index (κ3) is 5.92. The first-order valence-electron chi connectivity index (χ1n) is 13.6. The second-order valence-electron chi connectivity index (χ2n) is 11.5. The predicted molar refractivity (Wildman–Crippen MR) is 140 cm³/mol. The van der Waals surface area contributed by atoms with Gasteiger partial charge in [0.15, 0.2) is 0 Å². The zero-order chi connectivity index (χ0) is 25.1. The van der Waals surface area contributed by atoms with E-state index in [0.717, 1.165) is 24.3 Å². The van der Waals surface area contributed by atoms with Crippen LogP contribution in [0.1, 0.15) is 62.2 Å². The monoisotopic (exact) mass is 494 g/mol. The van der Waals surface area contributed by atoms with Crippen molar-refractivity contribution in [1.29, 1.82) is 0 Å². The highest BCUT2D eigenvalue weighted by Crippen LogP contribution is 2.41. The van der Waals surface area contributed by atoms with Crippen molar-refractivity contribution in [3.05, 3.63) is 53.8 Å². The Morgan fingerprint density at radius 2 is 1.81 bits per heavy atom. The number of ether oxygens (including phenoxy) is 1. The van der Waals surface area contributed by atoms with Crippen molar-refractivity contribution in [2.75, 3.05) is 39.3 Å². The average molecular weight is 495 g/mol. The van der Waals surface area contributed by atoms with E-state index in [-0.39, 0.29) is 5.91 Å². The van der Waals surface area contributed by atoms with Crippen molar-refractivity contribution >= 4 is 5.91 Å². The van der Waals surface area contributed by atoms with E-state index >= 15 is 0 Å². The van der Waals surface area contributed by atoms with Crippen molar-refractivity contribution in [2.45, 2.75) is 58.0 Å². The zero-order valence-electron chi connectivity index (χ0n) is 21.4. The Labute approximate surface area is 214 Å². The van der Waals surface area contributed by atoms with Crippen molar-refractivity contribution < 1.29 is 19.0 Å². The molecule has 2 saturated heterocycles. The van der Waals surface area contributed by atoms with Gasteiger partial charge in [0.05, 0.1) is 12.7 Å². The number of carbonyl (C=O) groups is 1. The second kappa shape index (κ2) is 10.9. The summed E-state index contributed by atoms with van der Waals surface area (Å²) < 4.78 is 21.0. The summed E-state index contributed by atoms with van der Waals surface area (Å²) in [5.74, 6) is 0.735. The Balaban J connectivity index is 1.12. The minimum atomic E-state index is -0.499. The molecule has 0 radical (unpaired) electrons. The molecule has 36 heavy (non-hydrogen) atoms. The summed E-state index contributed by atoms with van der Waals surface area (Å²) in [7, 11) is 0. The molecule has 6 heteroatoms. The van der Waals surface area contributed by atoms with Gasteiger partial charge in [-0.25, -0.2) is 4.39 Å². The van der Waals surface area contributed by atoms with E-state index in [1.54, 1.807) is 17.0 Å². The van der Waals surface area contributed by atoms with Crippen LogP contribution in [0.2, 0.25) is 0 Å². The molecular weight excluding hydrogens is 455 g/mol. The first kappa shape index (κ1) is 25.2. The molecule has 2 aromatic carbocycles. The normalized spacial score (nSPS) is 22.8. The molecule has 2 aromatic rings. The molecule has 5 rings (SSSR count). The molecule has 194 valence electrons. The molecular formula is C30H39FN2O3. The molecule has 1 aliphatic carbocycles. The van der Waals surface area contributed by atoms with E-state index in [0.29, 0.717) is 42.0 Å². The molecule has 1 N–H and O–H groups in total. The molecule has 0 unspecified atom stereocenters. The first-order chi connectivity index (χ1) is 17.4. The lowest BCUT2D eigenvalue weighted by Crippen LogP contribution is -2.44. The van der Waals surface area contributed by atoms with E-state index in [1.807, 2.05) is 24.3 Å². The third-order valence-electron chi connectivity index (χ3n) is 8.42. The predicted octanol–water partition coefficient (Wildman–Crippen LogP) is 5.37. The lowest BCUT2D eigenvalue weighted by atomic mass is 9.70. The highest BCUT2D eigenvalue weighted by atomic mass is 19.1. The van der Waals surface area contributed by atoms with Gasteiger partial charge in [-0.2, -0.15) is 0 Å². The van der Waals surface area contributed by atoms with Crippen molar-refractivity contribution in [1.82, 2.24) is 9.80 Å². The van der Waals surface area contributed by atoms with Gasteiger partial charge in [-0.1, -0.05) is 31.5 Å². The van der Waals surface area contributed by atoms with E-state index in [2.05, 4.69) is 11.8 Å². The van der Waals surface area contributed by atoms with Crippen LogP contribution in [0.15, 0.2) is 42.5 Å². The van der Waals surface area contributed by atoms with Gasteiger partial charge >= 0.3 is 0 Å². The summed E-state index contributed by atoms with van der Waals surface area (Å²) in [5, 5.41) is 9.84. The Kier molecular flexibility index (Phi) is 7.63. The van der Waals surface area contributed by atoms with Crippen LogP contribution < -0.4 is 4.74 Å². The lowest BCUT2D eigenvalue weighted by molar-refractivity contribution is 0.0473. The number of hydrogen-bond acceptors (Lipinski definition) is 4. The van der Waals surface area contributed by atoms with Gasteiger partial charge in [0, 0.05) is 30.8 Å². The van der Waals surface area contributed by atoms with Crippen LogP contribution in [0, 0.1) is 17.2 Å². The Morgan fingerprint density at radius 1 is 1.06 bits per heavy atom. The number of aliphatic hydroxyl groups is 1. The Morgan fingerprint density at radius 3 is 2.44 bits per heavy atom. The van der Waals surface area contributed by atoms with Crippen LogP contribution in [-0.2, 0) is 0 Å². The number of β-amino-alcohol motifs (C(OH)–C–C–N with tert-alkyl or cyclic N) is 1. The first-order valence-corrected chi connectivity index (χ1v) is 13.6. The largest absolute Gasteiger partial charge is 0.493 e. The van der Waals surface area contributed by atoms with E-state index in [1.165, 1.54) is 57.8 Å². The number of rotatable bonds is 7. The SMILES string of the molecule is CC1(CN2CCC(COc3ccc(-c4ccc(C(=O)N5CCC[C@H](O)C5)cc4F)cc3)CC2)CCC1. The molecule has 0 bridgehead atoms. The molecule has 3 aliphatic rings. The maximum absolute atomic E-state index is 14.9. The lowest BCUT2D eigenvalue weighted by Gasteiger charge is -2.44. The number of benzene rings is 2. The van der Waals surface area contributed by atoms with E-state index in [9.17, 15) is 14.3 Å². The van der Waals surface area contributed by atoms with Crippen LogP contribution in [0.25, 0.3) is 11.1 Å². The van der Waals surface area contributed by atoms with Crippen molar-refractivity contribution in [3.63, 3.8) is 0 Å². The van der Waals surface area contributed by atoms with E-state index < -0.39 is 11.9 Å². The molecule has 3 fully saturated rings. The number of nitrogens with zero attached hydrogens (tertiary/aromatic N) is 2. The minimum absolute atomic E-state index is 0.231. The fraction of sp³-hybridized carbons (Fsp3) is 0.567. The zero-order valence-corrected chi connectivity index (χ0v) is 21.4. The van der Waals surface area contributed by atoms with Gasteiger partial charge in [-0.15, -0.1) is 0 Å². The average Bonchev–Trinajstić information content (AvgIpc) is 2.87. The second-order valence-corrected chi connectivity index (χ2v) is 11.5. The highest BCUT2D eigenvalue weighted by molar-refractivity contribution is 5.95. The molecule has 0 aromatic heterocycles. The molecule has 2 aliphatic heterocycles. The standard InChI is InChI=1S/C30H39FN2O3/c1-30(13-3-14-30)21-32-16-11-22(12-17-32)20-36-26-8-5-23(6-9-26)27-10-7-24(18-28(27)31)29(35)33-15-2-4-25(34)19-33/h5-10,18,22,25,34H,2-4,11-17,19-21H2,1H3/t25-/m0/s1. The van der Waals surface area contributed by atoms with Crippen LogP contribution in [0.3, 0.4) is 0 Å². The molecule has 0 spiro atoms. The quantitative estimate of drug-likeness (QED) is 0.562. The van der Waals surface area contributed by atoms with Gasteiger partial charge in [0.1, 0.15) is 11.6 Å². The Hall–Kier alpha value is -2.44. The van der Waals surface area contributed by atoms with Crippen LogP contribution >= 0.6 is 0 Å². The number of aliphatic hydroxyl groups excluding tert-OH is 1. The fourth-order valence-electron chi connectivity index (χ4n) is 5.94. The third-order valence-corrected chi connectivity index (χ3v) is 8.42. The summed E-state index contributed by atoms with van der Waals surface area (Å²) in [5.41, 5.74) is 2.09. The van der Waals surface area contributed by atoms with Crippen molar-refractivity contribution in [2.24, 2.45) is 11.3 Å². The fourth-order valence-corrected chi connectivity index (χ4v) is 5.94. The van der Waals surface area contributed by atoms with Gasteiger partial charge < -0.3 is 19.6 Å². The number of piperidine rings is 2. The summed E-state index contributed by atoms with van der Waals surface area (Å²) >= 11 is 0. The maximum Gasteiger partial charge on any atom is 0.254 e. The molecule has 1 amide bonds. The van der Waals surface area contributed by atoms with Gasteiger partial charge in [0.25, 0.3) is 5.91 Å². The van der Waals surface area contributed by atoms with Crippen molar-refractivity contribution in [3.8, 4) is 16.9 Å². The van der Waals surface area contributed by atoms with Crippen LogP contribution in [0.4, 0.5) is 4.39 Å². The topological polar surface area (TPSA) is 53.0 Å². The summed E-state index contributed by atoms with van der Waals surface area (Å²) in [4.78, 5) is 17.0.